The lowest BCUT2D eigenvalue weighted by Crippen LogP contribution is -2.38. The summed E-state index contributed by atoms with van der Waals surface area (Å²) >= 11 is 0. The second-order valence-corrected chi connectivity index (χ2v) is 7.59. The van der Waals surface area contributed by atoms with Crippen molar-refractivity contribution in [3.05, 3.63) is 90.6 Å². The summed E-state index contributed by atoms with van der Waals surface area (Å²) < 4.78 is 4.05. The van der Waals surface area contributed by atoms with Crippen molar-refractivity contribution < 1.29 is 4.79 Å². The van der Waals surface area contributed by atoms with Crippen molar-refractivity contribution in [2.75, 3.05) is 6.54 Å². The summed E-state index contributed by atoms with van der Waals surface area (Å²) in [5.41, 5.74) is 4.92. The number of carbonyl (C=O) groups excluding carboxylic acids is 1. The summed E-state index contributed by atoms with van der Waals surface area (Å²) in [5, 5.41) is 6.49. The molecule has 0 fully saturated rings. The Morgan fingerprint density at radius 3 is 2.73 bits per heavy atom. The van der Waals surface area contributed by atoms with Gasteiger partial charge in [0.2, 0.25) is 0 Å². The lowest BCUT2D eigenvalue weighted by molar-refractivity contribution is 0.0713. The summed E-state index contributed by atoms with van der Waals surface area (Å²) in [6, 6.07) is 20.2. The average molecular weight is 393 g/mol. The van der Waals surface area contributed by atoms with E-state index in [9.17, 15) is 4.79 Å². The molecule has 0 unspecified atom stereocenters. The second-order valence-electron chi connectivity index (χ2n) is 7.59. The molecule has 30 heavy (non-hydrogen) atoms. The lowest BCUT2D eigenvalue weighted by atomic mass is 9.96. The maximum atomic E-state index is 13.4. The number of carbonyl (C=O) groups is 1. The van der Waals surface area contributed by atoms with Crippen LogP contribution >= 0.6 is 0 Å². The third kappa shape index (κ3) is 2.54. The molecule has 3 aromatic heterocycles. The zero-order valence-electron chi connectivity index (χ0n) is 16.3. The first-order valence-corrected chi connectivity index (χ1v) is 10.0. The first kappa shape index (κ1) is 17.0. The van der Waals surface area contributed by atoms with Crippen molar-refractivity contribution in [1.82, 2.24) is 24.1 Å². The van der Waals surface area contributed by atoms with E-state index in [1.54, 1.807) is 6.20 Å². The number of amides is 1. The first-order valence-electron chi connectivity index (χ1n) is 10.0. The van der Waals surface area contributed by atoms with Crippen LogP contribution in [0.4, 0.5) is 0 Å². The highest BCUT2D eigenvalue weighted by Crippen LogP contribution is 2.32. The highest BCUT2D eigenvalue weighted by atomic mass is 16.2. The van der Waals surface area contributed by atoms with Gasteiger partial charge < -0.3 is 9.47 Å². The molecule has 5 aromatic rings. The number of hydrogen-bond acceptors (Lipinski definition) is 3. The number of hydrogen-bond donors (Lipinski definition) is 0. The van der Waals surface area contributed by atoms with Gasteiger partial charge in [-0.2, -0.15) is 5.10 Å². The van der Waals surface area contributed by atoms with Gasteiger partial charge in [-0.1, -0.05) is 36.4 Å². The Kier molecular flexibility index (Phi) is 3.71. The average Bonchev–Trinajstić information content (AvgIpc) is 3.46. The lowest BCUT2D eigenvalue weighted by Gasteiger charge is -2.28. The molecule has 0 radical (unpaired) electrons. The van der Waals surface area contributed by atoms with E-state index in [0.717, 1.165) is 45.3 Å². The van der Waals surface area contributed by atoms with Gasteiger partial charge in [-0.25, -0.2) is 9.50 Å². The van der Waals surface area contributed by atoms with E-state index in [0.29, 0.717) is 13.1 Å². The summed E-state index contributed by atoms with van der Waals surface area (Å²) in [4.78, 5) is 19.6. The Hall–Kier alpha value is -3.93. The van der Waals surface area contributed by atoms with Gasteiger partial charge in [-0.3, -0.25) is 4.79 Å². The Balaban J connectivity index is 1.47. The SMILES string of the molecule is O=C(c1ccc(-c2cccc3ccnn23)c2ccccc12)N1CCn2cncc2C1. The van der Waals surface area contributed by atoms with Crippen LogP contribution in [0.3, 0.4) is 0 Å². The van der Waals surface area contributed by atoms with E-state index in [4.69, 9.17) is 0 Å². The van der Waals surface area contributed by atoms with Gasteiger partial charge in [-0.15, -0.1) is 0 Å². The van der Waals surface area contributed by atoms with Crippen LogP contribution in [-0.4, -0.2) is 36.5 Å². The fourth-order valence-corrected chi connectivity index (χ4v) is 4.39. The van der Waals surface area contributed by atoms with Crippen LogP contribution in [0.1, 0.15) is 16.1 Å². The van der Waals surface area contributed by atoms with Gasteiger partial charge >= 0.3 is 0 Å². The Morgan fingerprint density at radius 1 is 0.900 bits per heavy atom. The molecule has 0 spiro atoms. The van der Waals surface area contributed by atoms with E-state index >= 15 is 0 Å². The summed E-state index contributed by atoms with van der Waals surface area (Å²) in [5.74, 6) is 0.0579. The van der Waals surface area contributed by atoms with Gasteiger partial charge in [0, 0.05) is 30.4 Å². The van der Waals surface area contributed by atoms with Gasteiger partial charge in [-0.05, 0) is 35.0 Å². The largest absolute Gasteiger partial charge is 0.331 e. The quantitative estimate of drug-likeness (QED) is 0.455. The Labute approximate surface area is 173 Å². The van der Waals surface area contributed by atoms with Crippen molar-refractivity contribution in [3.8, 4) is 11.3 Å². The van der Waals surface area contributed by atoms with Gasteiger partial charge in [0.25, 0.3) is 5.91 Å². The standard InChI is InChI=1S/C24H19N5O/c30-24(27-12-13-28-16-25-14-18(28)15-27)22-9-8-21(19-5-1-2-6-20(19)22)23-7-3-4-17-10-11-26-29(17)23/h1-11,14,16H,12-13,15H2. The number of aromatic nitrogens is 4. The molecule has 1 amide bonds. The van der Waals surface area contributed by atoms with Crippen LogP contribution in [0, 0.1) is 0 Å². The van der Waals surface area contributed by atoms with E-state index in [2.05, 4.69) is 26.8 Å². The van der Waals surface area contributed by atoms with Crippen molar-refractivity contribution >= 4 is 22.2 Å². The molecular formula is C24H19N5O. The molecule has 146 valence electrons. The van der Waals surface area contributed by atoms with Crippen LogP contribution in [0.25, 0.3) is 27.5 Å². The zero-order chi connectivity index (χ0) is 20.1. The van der Waals surface area contributed by atoms with Crippen molar-refractivity contribution in [3.63, 3.8) is 0 Å². The minimum Gasteiger partial charge on any atom is -0.331 e. The minimum absolute atomic E-state index is 0.0579. The number of benzene rings is 2. The van der Waals surface area contributed by atoms with E-state index in [1.165, 1.54) is 0 Å². The Morgan fingerprint density at radius 2 is 1.80 bits per heavy atom. The smallest absolute Gasteiger partial charge is 0.254 e. The molecule has 6 nitrogen and oxygen atoms in total. The van der Waals surface area contributed by atoms with Gasteiger partial charge in [0.1, 0.15) is 0 Å². The molecule has 0 saturated heterocycles. The summed E-state index contributed by atoms with van der Waals surface area (Å²) in [6.07, 6.45) is 5.47. The maximum absolute atomic E-state index is 13.4. The predicted molar refractivity (Wildman–Crippen MR) is 115 cm³/mol. The Bertz CT molecular complexity index is 1410. The van der Waals surface area contributed by atoms with Crippen LogP contribution in [0.2, 0.25) is 0 Å². The summed E-state index contributed by atoms with van der Waals surface area (Å²) in [6.45, 7) is 2.05. The fourth-order valence-electron chi connectivity index (χ4n) is 4.39. The number of rotatable bonds is 2. The molecule has 0 N–H and O–H groups in total. The number of imidazole rings is 1. The molecule has 6 heteroatoms. The second kappa shape index (κ2) is 6.56. The van der Waals surface area contributed by atoms with Crippen LogP contribution in [-0.2, 0) is 13.1 Å². The van der Waals surface area contributed by atoms with E-state index < -0.39 is 0 Å². The normalized spacial score (nSPS) is 13.7. The van der Waals surface area contributed by atoms with E-state index in [-0.39, 0.29) is 5.91 Å². The molecule has 1 aliphatic heterocycles. The van der Waals surface area contributed by atoms with Crippen LogP contribution < -0.4 is 0 Å². The molecule has 0 aliphatic carbocycles. The molecular weight excluding hydrogens is 374 g/mol. The van der Waals surface area contributed by atoms with Crippen molar-refractivity contribution in [2.45, 2.75) is 13.1 Å². The fraction of sp³-hybridized carbons (Fsp3) is 0.125. The monoisotopic (exact) mass is 393 g/mol. The molecule has 0 saturated carbocycles. The third-order valence-electron chi connectivity index (χ3n) is 5.90. The van der Waals surface area contributed by atoms with Gasteiger partial charge in [0.15, 0.2) is 0 Å². The zero-order valence-corrected chi connectivity index (χ0v) is 16.3. The molecule has 6 rings (SSSR count). The van der Waals surface area contributed by atoms with Crippen LogP contribution in [0.15, 0.2) is 79.4 Å². The van der Waals surface area contributed by atoms with Crippen molar-refractivity contribution in [1.29, 1.82) is 0 Å². The van der Waals surface area contributed by atoms with Crippen molar-refractivity contribution in [2.24, 2.45) is 0 Å². The number of pyridine rings is 1. The number of fused-ring (bicyclic) bond motifs is 3. The first-order chi connectivity index (χ1) is 14.8. The number of nitrogens with zero attached hydrogens (tertiary/aromatic N) is 5. The van der Waals surface area contributed by atoms with E-state index in [1.807, 2.05) is 70.5 Å². The highest BCUT2D eigenvalue weighted by molar-refractivity contribution is 6.10. The highest BCUT2D eigenvalue weighted by Gasteiger charge is 2.24. The van der Waals surface area contributed by atoms with Crippen LogP contribution in [0.5, 0.6) is 0 Å². The molecule has 0 atom stereocenters. The minimum atomic E-state index is 0.0579. The molecule has 4 heterocycles. The molecule has 2 aromatic carbocycles. The predicted octanol–water partition coefficient (Wildman–Crippen LogP) is 4.01. The van der Waals surface area contributed by atoms with Gasteiger partial charge in [0.05, 0.1) is 36.0 Å². The maximum Gasteiger partial charge on any atom is 0.254 e. The third-order valence-corrected chi connectivity index (χ3v) is 5.90. The topological polar surface area (TPSA) is 55.4 Å². The molecule has 0 bridgehead atoms. The summed E-state index contributed by atoms with van der Waals surface area (Å²) in [7, 11) is 0. The molecule has 1 aliphatic rings.